The minimum Gasteiger partial charge on any atom is -0.477 e. The van der Waals surface area contributed by atoms with Crippen LogP contribution in [0, 0.1) is 0 Å². The molecule has 2 heterocycles. The fourth-order valence-corrected chi connectivity index (χ4v) is 1.64. The average molecular weight is 244 g/mol. The Labute approximate surface area is 81.5 Å². The van der Waals surface area contributed by atoms with Crippen LogP contribution in [0.15, 0.2) is 10.7 Å². The van der Waals surface area contributed by atoms with E-state index in [4.69, 9.17) is 5.11 Å². The molecule has 2 aromatic heterocycles. The first-order valence-corrected chi connectivity index (χ1v) is 4.33. The summed E-state index contributed by atoms with van der Waals surface area (Å²) >= 11 is 3.24. The Kier molecular flexibility index (Phi) is 1.66. The van der Waals surface area contributed by atoms with Crippen molar-refractivity contribution in [2.75, 3.05) is 0 Å². The van der Waals surface area contributed by atoms with E-state index in [1.165, 1.54) is 4.57 Å². The zero-order valence-corrected chi connectivity index (χ0v) is 8.29. The maximum absolute atomic E-state index is 10.7. The van der Waals surface area contributed by atoms with Gasteiger partial charge in [0.25, 0.3) is 0 Å². The first kappa shape index (κ1) is 8.31. The lowest BCUT2D eigenvalue weighted by atomic mass is 10.4. The summed E-state index contributed by atoms with van der Waals surface area (Å²) in [6.07, 6.45) is 0. The summed E-state index contributed by atoms with van der Waals surface area (Å²) in [6, 6.07) is 1.57. The zero-order valence-electron chi connectivity index (χ0n) is 6.71. The van der Waals surface area contributed by atoms with Crippen molar-refractivity contribution in [3.8, 4) is 0 Å². The Morgan fingerprint density at radius 1 is 1.77 bits per heavy atom. The molecule has 0 amide bonds. The molecule has 0 aliphatic rings. The van der Waals surface area contributed by atoms with Crippen molar-refractivity contribution in [3.63, 3.8) is 0 Å². The van der Waals surface area contributed by atoms with Crippen LogP contribution < -0.4 is 0 Å². The molecule has 0 unspecified atom stereocenters. The molecule has 0 saturated heterocycles. The Bertz CT molecular complexity index is 485. The lowest BCUT2D eigenvalue weighted by Crippen LogP contribution is -2.04. The third kappa shape index (κ3) is 1.06. The molecule has 0 bridgehead atoms. The van der Waals surface area contributed by atoms with Gasteiger partial charge < -0.3 is 9.67 Å². The highest BCUT2D eigenvalue weighted by Crippen LogP contribution is 2.23. The number of aromatic carboxylic acids is 1. The van der Waals surface area contributed by atoms with Crippen LogP contribution in [-0.4, -0.2) is 25.8 Å². The van der Waals surface area contributed by atoms with Crippen molar-refractivity contribution >= 4 is 32.9 Å². The summed E-state index contributed by atoms with van der Waals surface area (Å²) < 4.78 is 2.23. The summed E-state index contributed by atoms with van der Waals surface area (Å²) in [5, 5.41) is 16.2. The molecule has 0 atom stereocenters. The first-order valence-electron chi connectivity index (χ1n) is 3.54. The third-order valence-electron chi connectivity index (χ3n) is 1.92. The van der Waals surface area contributed by atoms with Gasteiger partial charge in [0.05, 0.1) is 5.39 Å². The summed E-state index contributed by atoms with van der Waals surface area (Å²) in [5.41, 5.74) is 0.858. The number of carboxylic acids is 1. The lowest BCUT2D eigenvalue weighted by molar-refractivity contribution is 0.0687. The average Bonchev–Trinajstić information content (AvgIpc) is 2.55. The summed E-state index contributed by atoms with van der Waals surface area (Å²) in [7, 11) is 1.67. The fraction of sp³-hybridized carbons (Fsp3) is 0.143. The summed E-state index contributed by atoms with van der Waals surface area (Å²) in [5.74, 6) is -0.951. The molecule has 13 heavy (non-hydrogen) atoms. The Balaban J connectivity index is 2.81. The van der Waals surface area contributed by atoms with Crippen molar-refractivity contribution in [2.45, 2.75) is 0 Å². The van der Waals surface area contributed by atoms with Crippen LogP contribution in [-0.2, 0) is 7.05 Å². The number of hydrogen-bond acceptors (Lipinski definition) is 2. The smallest absolute Gasteiger partial charge is 0.352 e. The summed E-state index contributed by atoms with van der Waals surface area (Å²) in [4.78, 5) is 10.7. The second-order valence-corrected chi connectivity index (χ2v) is 3.46. The van der Waals surface area contributed by atoms with Crippen LogP contribution in [0.3, 0.4) is 0 Å². The molecule has 0 radical (unpaired) electrons. The number of hydrogen-bond donors (Lipinski definition) is 2. The van der Waals surface area contributed by atoms with E-state index in [0.29, 0.717) is 10.3 Å². The molecule has 5 nitrogen and oxygen atoms in total. The van der Waals surface area contributed by atoms with Crippen LogP contribution in [0.1, 0.15) is 10.5 Å². The van der Waals surface area contributed by atoms with Gasteiger partial charge in [-0.1, -0.05) is 0 Å². The monoisotopic (exact) mass is 243 g/mol. The van der Waals surface area contributed by atoms with Crippen LogP contribution in [0.5, 0.6) is 0 Å². The molecule has 0 saturated carbocycles. The highest BCUT2D eigenvalue weighted by Gasteiger charge is 2.15. The van der Waals surface area contributed by atoms with E-state index in [9.17, 15) is 4.79 Å². The Morgan fingerprint density at radius 2 is 2.46 bits per heavy atom. The molecule has 2 aromatic rings. The van der Waals surface area contributed by atoms with Gasteiger partial charge in [0.2, 0.25) is 0 Å². The largest absolute Gasteiger partial charge is 0.477 e. The molecule has 0 aliphatic carbocycles. The second kappa shape index (κ2) is 2.59. The van der Waals surface area contributed by atoms with Crippen molar-refractivity contribution in [1.29, 1.82) is 0 Å². The minimum absolute atomic E-state index is 0.229. The van der Waals surface area contributed by atoms with Gasteiger partial charge in [0.15, 0.2) is 5.65 Å². The molecule has 0 spiro atoms. The predicted octanol–water partition coefficient (Wildman–Crippen LogP) is 1.36. The first-order chi connectivity index (χ1) is 6.11. The lowest BCUT2D eigenvalue weighted by Gasteiger charge is -1.94. The number of carboxylic acid groups (broad SMARTS) is 1. The standard InChI is InChI=1S/C7H6BrN3O2/c1-11-4(7(12)13)2-3-5(8)9-10-6(3)11/h2H,1H3,(H,9,10)(H,12,13). The Morgan fingerprint density at radius 3 is 3.00 bits per heavy atom. The van der Waals surface area contributed by atoms with Gasteiger partial charge in [0.1, 0.15) is 10.3 Å². The number of halogens is 1. The molecular formula is C7H6BrN3O2. The fourth-order valence-electron chi connectivity index (χ4n) is 1.26. The number of aryl methyl sites for hydroxylation is 1. The molecular weight excluding hydrogens is 238 g/mol. The van der Waals surface area contributed by atoms with Crippen LogP contribution in [0.25, 0.3) is 11.0 Å². The number of rotatable bonds is 1. The van der Waals surface area contributed by atoms with Gasteiger partial charge in [-0.2, -0.15) is 5.10 Å². The van der Waals surface area contributed by atoms with Crippen LogP contribution >= 0.6 is 15.9 Å². The number of nitrogens with zero attached hydrogens (tertiary/aromatic N) is 2. The topological polar surface area (TPSA) is 70.9 Å². The molecule has 0 aromatic carbocycles. The van der Waals surface area contributed by atoms with E-state index < -0.39 is 5.97 Å². The van der Waals surface area contributed by atoms with E-state index in [1.807, 2.05) is 0 Å². The molecule has 68 valence electrons. The van der Waals surface area contributed by atoms with Crippen molar-refractivity contribution in [1.82, 2.24) is 14.8 Å². The van der Waals surface area contributed by atoms with E-state index in [2.05, 4.69) is 26.1 Å². The Hall–Kier alpha value is -1.30. The molecule has 0 aliphatic heterocycles. The van der Waals surface area contributed by atoms with E-state index in [1.54, 1.807) is 13.1 Å². The van der Waals surface area contributed by atoms with E-state index >= 15 is 0 Å². The second-order valence-electron chi connectivity index (χ2n) is 2.67. The van der Waals surface area contributed by atoms with Crippen LogP contribution in [0.4, 0.5) is 0 Å². The number of fused-ring (bicyclic) bond motifs is 1. The van der Waals surface area contributed by atoms with Gasteiger partial charge >= 0.3 is 5.97 Å². The van der Waals surface area contributed by atoms with Gasteiger partial charge in [-0.3, -0.25) is 5.10 Å². The molecule has 2 N–H and O–H groups in total. The van der Waals surface area contributed by atoms with Gasteiger partial charge in [-0.25, -0.2) is 4.79 Å². The van der Waals surface area contributed by atoms with Crippen molar-refractivity contribution < 1.29 is 9.90 Å². The highest BCUT2D eigenvalue weighted by atomic mass is 79.9. The maximum Gasteiger partial charge on any atom is 0.352 e. The number of aromatic nitrogens is 3. The predicted molar refractivity (Wildman–Crippen MR) is 49.7 cm³/mol. The van der Waals surface area contributed by atoms with Crippen LogP contribution in [0.2, 0.25) is 0 Å². The van der Waals surface area contributed by atoms with Gasteiger partial charge in [-0.05, 0) is 22.0 Å². The number of H-pyrrole nitrogens is 1. The third-order valence-corrected chi connectivity index (χ3v) is 2.52. The number of nitrogens with one attached hydrogen (secondary N) is 1. The van der Waals surface area contributed by atoms with E-state index in [-0.39, 0.29) is 5.69 Å². The highest BCUT2D eigenvalue weighted by molar-refractivity contribution is 9.10. The minimum atomic E-state index is -0.951. The number of carbonyl (C=O) groups is 1. The normalized spacial score (nSPS) is 10.9. The quantitative estimate of drug-likeness (QED) is 0.795. The van der Waals surface area contributed by atoms with Gasteiger partial charge in [0, 0.05) is 7.05 Å². The molecule has 6 heteroatoms. The van der Waals surface area contributed by atoms with E-state index in [0.717, 1.165) is 5.39 Å². The summed E-state index contributed by atoms with van der Waals surface area (Å²) in [6.45, 7) is 0. The van der Waals surface area contributed by atoms with Gasteiger partial charge in [-0.15, -0.1) is 0 Å². The SMILES string of the molecule is Cn1c(C(=O)O)cc2c(Br)[nH]nc21. The van der Waals surface area contributed by atoms with Crippen molar-refractivity contribution in [2.24, 2.45) is 7.05 Å². The zero-order chi connectivity index (χ0) is 9.59. The number of aromatic amines is 1. The van der Waals surface area contributed by atoms with Crippen molar-refractivity contribution in [3.05, 3.63) is 16.4 Å². The maximum atomic E-state index is 10.7. The molecule has 0 fully saturated rings. The molecule has 2 rings (SSSR count).